The van der Waals surface area contributed by atoms with E-state index in [0.29, 0.717) is 5.78 Å². The van der Waals surface area contributed by atoms with Gasteiger partial charge in [0, 0.05) is 11.0 Å². The topological polar surface area (TPSA) is 75.9 Å². The maximum Gasteiger partial charge on any atom is 0.279 e. The monoisotopic (exact) mass is 321 g/mol. The van der Waals surface area contributed by atoms with Crippen LogP contribution in [0, 0.1) is 13.8 Å². The molecule has 24 heavy (non-hydrogen) atoms. The number of aromatic nitrogens is 5. The minimum atomic E-state index is -0.0860. The zero-order valence-electron chi connectivity index (χ0n) is 13.9. The molecule has 5 rings (SSSR count). The molecule has 0 amide bonds. The van der Waals surface area contributed by atoms with Gasteiger partial charge < -0.3 is 0 Å². The molecule has 0 radical (unpaired) electrons. The van der Waals surface area contributed by atoms with Crippen molar-refractivity contribution in [3.8, 4) is 11.3 Å². The smallest absolute Gasteiger partial charge is 0.267 e. The van der Waals surface area contributed by atoms with Gasteiger partial charge in [-0.15, -0.1) is 0 Å². The number of benzene rings is 1. The molecule has 0 atom stereocenters. The number of tetrazole rings is 1. The molecule has 1 saturated carbocycles. The summed E-state index contributed by atoms with van der Waals surface area (Å²) >= 11 is 0. The molecular weight excluding hydrogens is 302 g/mol. The van der Waals surface area contributed by atoms with Crippen molar-refractivity contribution in [2.75, 3.05) is 0 Å². The van der Waals surface area contributed by atoms with Crippen molar-refractivity contribution in [2.24, 2.45) is 0 Å². The van der Waals surface area contributed by atoms with E-state index in [2.05, 4.69) is 41.5 Å². The molecule has 0 unspecified atom stereocenters. The van der Waals surface area contributed by atoms with Gasteiger partial charge in [0.15, 0.2) is 0 Å². The van der Waals surface area contributed by atoms with E-state index in [-0.39, 0.29) is 11.0 Å². The highest BCUT2D eigenvalue weighted by Crippen LogP contribution is 2.51. The molecule has 3 aromatic rings. The van der Waals surface area contributed by atoms with E-state index in [9.17, 15) is 4.79 Å². The van der Waals surface area contributed by atoms with E-state index < -0.39 is 0 Å². The van der Waals surface area contributed by atoms with Gasteiger partial charge in [-0.2, -0.15) is 9.73 Å². The van der Waals surface area contributed by atoms with Crippen LogP contribution in [0.15, 0.2) is 16.9 Å². The summed E-state index contributed by atoms with van der Waals surface area (Å²) in [5, 5.41) is 10.4. The molecule has 6 heteroatoms. The summed E-state index contributed by atoms with van der Waals surface area (Å²) in [5.41, 5.74) is 6.52. The second kappa shape index (κ2) is 4.53. The Morgan fingerprint density at radius 1 is 1.17 bits per heavy atom. The molecule has 122 valence electrons. The first-order valence-corrected chi connectivity index (χ1v) is 8.54. The maximum absolute atomic E-state index is 13.2. The lowest BCUT2D eigenvalue weighted by Crippen LogP contribution is -2.39. The number of aromatic amines is 1. The van der Waals surface area contributed by atoms with Crippen molar-refractivity contribution < 1.29 is 0 Å². The SMILES string of the molecule is Cc1ccc(C)c2c1CC1(CCCC1)c1c-2nc2nn[nH]n2c1=O. The molecule has 2 aliphatic carbocycles. The minimum absolute atomic E-state index is 0.0338. The average molecular weight is 321 g/mol. The first-order valence-electron chi connectivity index (χ1n) is 8.54. The van der Waals surface area contributed by atoms with Crippen molar-refractivity contribution in [2.45, 2.75) is 51.4 Å². The third kappa shape index (κ3) is 1.60. The van der Waals surface area contributed by atoms with Crippen molar-refractivity contribution in [1.82, 2.24) is 25.0 Å². The lowest BCUT2D eigenvalue weighted by Gasteiger charge is -2.36. The normalized spacial score (nSPS) is 18.1. The summed E-state index contributed by atoms with van der Waals surface area (Å²) in [4.78, 5) is 18.0. The largest absolute Gasteiger partial charge is 0.279 e. The van der Waals surface area contributed by atoms with Gasteiger partial charge in [0.25, 0.3) is 11.3 Å². The first kappa shape index (κ1) is 13.9. The molecule has 2 aliphatic rings. The second-order valence-corrected chi connectivity index (χ2v) is 7.29. The number of nitrogens with one attached hydrogen (secondary N) is 1. The summed E-state index contributed by atoms with van der Waals surface area (Å²) in [5.74, 6) is 0.348. The highest BCUT2D eigenvalue weighted by Gasteiger charge is 2.45. The Kier molecular flexibility index (Phi) is 2.62. The van der Waals surface area contributed by atoms with E-state index in [1.807, 2.05) is 0 Å². The Bertz CT molecular complexity index is 1040. The maximum atomic E-state index is 13.2. The highest BCUT2D eigenvalue weighted by atomic mass is 16.1. The molecule has 1 fully saturated rings. The first-order chi connectivity index (χ1) is 11.6. The summed E-state index contributed by atoms with van der Waals surface area (Å²) in [7, 11) is 0. The van der Waals surface area contributed by atoms with Gasteiger partial charge in [-0.05, 0) is 55.0 Å². The standard InChI is InChI=1S/C18H19N5O/c1-10-5-6-11(2)13-12(10)9-18(7-3-4-8-18)14-15(13)19-17-20-21-22-23(17)16(14)24/h5-6H,3-4,7-9H2,1-2H3,(H,19,20,22). The number of H-pyrrole nitrogens is 1. The van der Waals surface area contributed by atoms with Gasteiger partial charge in [-0.1, -0.05) is 30.1 Å². The van der Waals surface area contributed by atoms with Crippen LogP contribution in [-0.4, -0.2) is 25.0 Å². The lowest BCUT2D eigenvalue weighted by atomic mass is 9.67. The van der Waals surface area contributed by atoms with E-state index in [0.717, 1.165) is 36.1 Å². The van der Waals surface area contributed by atoms with Crippen LogP contribution in [0.5, 0.6) is 0 Å². The summed E-state index contributed by atoms with van der Waals surface area (Å²) in [6.45, 7) is 4.26. The molecular formula is C18H19N5O. The van der Waals surface area contributed by atoms with Gasteiger partial charge in [-0.25, -0.2) is 4.98 Å². The third-order valence-corrected chi connectivity index (χ3v) is 5.95. The van der Waals surface area contributed by atoms with Gasteiger partial charge in [0.1, 0.15) is 0 Å². The minimum Gasteiger partial charge on any atom is -0.267 e. The van der Waals surface area contributed by atoms with Crippen molar-refractivity contribution in [3.05, 3.63) is 44.7 Å². The number of nitrogens with zero attached hydrogens (tertiary/aromatic N) is 4. The molecule has 2 aromatic heterocycles. The quantitative estimate of drug-likeness (QED) is 0.690. The molecule has 0 aliphatic heterocycles. The number of rotatable bonds is 0. The van der Waals surface area contributed by atoms with Crippen LogP contribution in [0.1, 0.15) is 47.9 Å². The fourth-order valence-corrected chi connectivity index (χ4v) is 4.77. The molecule has 1 N–H and O–H groups in total. The third-order valence-electron chi connectivity index (χ3n) is 5.95. The van der Waals surface area contributed by atoms with E-state index in [1.165, 1.54) is 34.0 Å². The number of aryl methyl sites for hydroxylation is 2. The molecule has 0 saturated heterocycles. The fraction of sp³-hybridized carbons (Fsp3) is 0.444. The Morgan fingerprint density at radius 3 is 2.71 bits per heavy atom. The van der Waals surface area contributed by atoms with Gasteiger partial charge in [0.2, 0.25) is 0 Å². The molecule has 1 aromatic carbocycles. The summed E-state index contributed by atoms with van der Waals surface area (Å²) in [6.07, 6.45) is 5.38. The Morgan fingerprint density at radius 2 is 1.92 bits per heavy atom. The van der Waals surface area contributed by atoms with Crippen LogP contribution < -0.4 is 5.56 Å². The second-order valence-electron chi connectivity index (χ2n) is 7.29. The van der Waals surface area contributed by atoms with E-state index in [1.54, 1.807) is 0 Å². The zero-order chi connectivity index (χ0) is 16.5. The van der Waals surface area contributed by atoms with Crippen molar-refractivity contribution in [3.63, 3.8) is 0 Å². The summed E-state index contributed by atoms with van der Waals surface area (Å²) in [6, 6.07) is 4.31. The van der Waals surface area contributed by atoms with Gasteiger partial charge >= 0.3 is 0 Å². The van der Waals surface area contributed by atoms with E-state index >= 15 is 0 Å². The zero-order valence-corrected chi connectivity index (χ0v) is 13.9. The van der Waals surface area contributed by atoms with Gasteiger partial charge in [0.05, 0.1) is 11.3 Å². The van der Waals surface area contributed by atoms with Gasteiger partial charge in [-0.3, -0.25) is 4.79 Å². The van der Waals surface area contributed by atoms with Crippen molar-refractivity contribution in [1.29, 1.82) is 0 Å². The molecule has 1 spiro atoms. The molecule has 0 bridgehead atoms. The van der Waals surface area contributed by atoms with Crippen LogP contribution in [0.3, 0.4) is 0 Å². The average Bonchev–Trinajstić information content (AvgIpc) is 3.21. The molecule has 6 nitrogen and oxygen atoms in total. The van der Waals surface area contributed by atoms with E-state index in [4.69, 9.17) is 4.98 Å². The summed E-state index contributed by atoms with van der Waals surface area (Å²) < 4.78 is 1.38. The van der Waals surface area contributed by atoms with Crippen LogP contribution in [0.4, 0.5) is 0 Å². The Balaban J connectivity index is 1.97. The van der Waals surface area contributed by atoms with Crippen molar-refractivity contribution >= 4 is 5.78 Å². The number of hydrogen-bond acceptors (Lipinski definition) is 4. The van der Waals surface area contributed by atoms with Crippen LogP contribution >= 0.6 is 0 Å². The highest BCUT2D eigenvalue weighted by molar-refractivity contribution is 5.76. The van der Waals surface area contributed by atoms with Crippen LogP contribution in [0.2, 0.25) is 0 Å². The van der Waals surface area contributed by atoms with Crippen LogP contribution in [0.25, 0.3) is 17.0 Å². The Hall–Kier alpha value is -2.50. The predicted molar refractivity (Wildman–Crippen MR) is 90.2 cm³/mol. The number of hydrogen-bond donors (Lipinski definition) is 1. The predicted octanol–water partition coefficient (Wildman–Crippen LogP) is 2.46. The molecule has 2 heterocycles. The fourth-order valence-electron chi connectivity index (χ4n) is 4.77. The Labute approximate surface area is 138 Å². The lowest BCUT2D eigenvalue weighted by molar-refractivity contribution is 0.424. The number of fused-ring (bicyclic) bond motifs is 5. The van der Waals surface area contributed by atoms with Crippen LogP contribution in [-0.2, 0) is 11.8 Å².